The van der Waals surface area contributed by atoms with Crippen molar-refractivity contribution in [1.29, 1.82) is 0 Å². The molecule has 0 bridgehead atoms. The molecule has 0 saturated heterocycles. The first-order valence-electron chi connectivity index (χ1n) is 7.77. The van der Waals surface area contributed by atoms with Crippen LogP contribution in [0.15, 0.2) is 48.5 Å². The molecule has 2 aromatic rings. The summed E-state index contributed by atoms with van der Waals surface area (Å²) in [5.41, 5.74) is 4.97. The fourth-order valence-electron chi connectivity index (χ4n) is 3.33. The first-order chi connectivity index (χ1) is 11.2. The second-order valence-corrected chi connectivity index (χ2v) is 5.83. The Labute approximate surface area is 135 Å². The highest BCUT2D eigenvalue weighted by atomic mass is 16.4. The maximum atomic E-state index is 10.9. The Morgan fingerprint density at radius 3 is 2.17 bits per heavy atom. The summed E-state index contributed by atoms with van der Waals surface area (Å²) in [7, 11) is 0. The Bertz CT molecular complexity index is 681. The summed E-state index contributed by atoms with van der Waals surface area (Å²) in [6, 6.07) is 16.3. The first-order valence-corrected chi connectivity index (χ1v) is 7.77. The van der Waals surface area contributed by atoms with Gasteiger partial charge in [-0.2, -0.15) is 0 Å². The normalized spacial score (nSPS) is 14.1. The van der Waals surface area contributed by atoms with Crippen LogP contribution < -0.4 is 5.32 Å². The third-order valence-electron chi connectivity index (χ3n) is 4.37. The molecule has 0 fully saturated rings. The highest BCUT2D eigenvalue weighted by Crippen LogP contribution is 2.44. The molecule has 0 saturated carbocycles. The number of hydrogen-bond acceptors (Lipinski definition) is 3. The summed E-state index contributed by atoms with van der Waals surface area (Å²) in [6.07, 6.45) is 0.939. The van der Waals surface area contributed by atoms with Crippen molar-refractivity contribution in [2.75, 3.05) is 6.54 Å². The molecule has 0 aromatic heterocycles. The number of carbonyl (C=O) groups is 2. The van der Waals surface area contributed by atoms with Crippen molar-refractivity contribution in [2.45, 2.75) is 24.8 Å². The molecule has 2 N–H and O–H groups in total. The average molecular weight is 309 g/mol. The van der Waals surface area contributed by atoms with E-state index in [1.54, 1.807) is 0 Å². The summed E-state index contributed by atoms with van der Waals surface area (Å²) >= 11 is 0. The third-order valence-corrected chi connectivity index (χ3v) is 4.37. The van der Waals surface area contributed by atoms with Crippen LogP contribution in [0.25, 0.3) is 11.1 Å². The molecule has 0 spiro atoms. The van der Waals surface area contributed by atoms with Crippen LogP contribution in [0.4, 0.5) is 0 Å². The van der Waals surface area contributed by atoms with Gasteiger partial charge < -0.3 is 15.2 Å². The topological polar surface area (TPSA) is 66.4 Å². The third kappa shape index (κ3) is 3.17. The molecule has 1 unspecified atom stereocenters. The van der Waals surface area contributed by atoms with Gasteiger partial charge in [-0.25, -0.2) is 0 Å². The molecule has 1 aliphatic rings. The van der Waals surface area contributed by atoms with Gasteiger partial charge in [0.25, 0.3) is 0 Å². The minimum atomic E-state index is -0.892. The maximum Gasteiger partial charge on any atom is 0.304 e. The summed E-state index contributed by atoms with van der Waals surface area (Å²) in [6.45, 7) is 0.625. The SMILES string of the molecule is O=CCC(CC(=O)O)NCC1c2ccccc2-c2ccccc21. The number of rotatable bonds is 7. The van der Waals surface area contributed by atoms with Crippen molar-refractivity contribution in [1.82, 2.24) is 5.32 Å². The Kier molecular flexibility index (Phi) is 4.53. The van der Waals surface area contributed by atoms with Gasteiger partial charge in [0.05, 0.1) is 6.42 Å². The van der Waals surface area contributed by atoms with Crippen LogP contribution in [0.5, 0.6) is 0 Å². The van der Waals surface area contributed by atoms with Crippen LogP contribution in [0, 0.1) is 0 Å². The van der Waals surface area contributed by atoms with Crippen LogP contribution in [0.1, 0.15) is 29.9 Å². The summed E-state index contributed by atoms with van der Waals surface area (Å²) in [5, 5.41) is 12.2. The van der Waals surface area contributed by atoms with E-state index in [-0.39, 0.29) is 24.8 Å². The molecule has 2 aromatic carbocycles. The van der Waals surface area contributed by atoms with Crippen molar-refractivity contribution in [2.24, 2.45) is 0 Å². The summed E-state index contributed by atoms with van der Waals surface area (Å²) in [4.78, 5) is 21.7. The van der Waals surface area contributed by atoms with Crippen LogP contribution in [0.3, 0.4) is 0 Å². The molecule has 23 heavy (non-hydrogen) atoms. The van der Waals surface area contributed by atoms with Gasteiger partial charge in [0.1, 0.15) is 6.29 Å². The molecular formula is C19H19NO3. The fourth-order valence-corrected chi connectivity index (χ4v) is 3.33. The Hall–Kier alpha value is -2.46. The summed E-state index contributed by atoms with van der Waals surface area (Å²) < 4.78 is 0. The zero-order valence-corrected chi connectivity index (χ0v) is 12.7. The van der Waals surface area contributed by atoms with Gasteiger partial charge in [-0.05, 0) is 22.3 Å². The van der Waals surface area contributed by atoms with Gasteiger partial charge in [-0.1, -0.05) is 48.5 Å². The van der Waals surface area contributed by atoms with E-state index in [0.29, 0.717) is 6.54 Å². The largest absolute Gasteiger partial charge is 0.481 e. The minimum Gasteiger partial charge on any atom is -0.481 e. The molecule has 1 atom stereocenters. The van der Waals surface area contributed by atoms with Crippen LogP contribution in [-0.2, 0) is 9.59 Å². The van der Waals surface area contributed by atoms with Crippen LogP contribution in [-0.4, -0.2) is 29.9 Å². The molecule has 3 rings (SSSR count). The average Bonchev–Trinajstić information content (AvgIpc) is 2.87. The van der Waals surface area contributed by atoms with Crippen molar-refractivity contribution in [3.8, 4) is 11.1 Å². The zero-order chi connectivity index (χ0) is 16.2. The Balaban J connectivity index is 1.82. The predicted molar refractivity (Wildman–Crippen MR) is 88.4 cm³/mol. The number of nitrogens with one attached hydrogen (secondary N) is 1. The van der Waals surface area contributed by atoms with Gasteiger partial charge in [0, 0.05) is 24.9 Å². The van der Waals surface area contributed by atoms with Gasteiger partial charge in [0.2, 0.25) is 0 Å². The van der Waals surface area contributed by atoms with Gasteiger partial charge in [-0.15, -0.1) is 0 Å². The maximum absolute atomic E-state index is 10.9. The van der Waals surface area contributed by atoms with E-state index < -0.39 is 5.97 Å². The Morgan fingerprint density at radius 2 is 1.65 bits per heavy atom. The monoisotopic (exact) mass is 309 g/mol. The van der Waals surface area contributed by atoms with Crippen LogP contribution >= 0.6 is 0 Å². The number of carboxylic acid groups (broad SMARTS) is 1. The predicted octanol–water partition coefficient (Wildman–Crippen LogP) is 2.82. The number of benzene rings is 2. The highest BCUT2D eigenvalue weighted by molar-refractivity contribution is 5.78. The van der Waals surface area contributed by atoms with Crippen molar-refractivity contribution in [3.05, 3.63) is 59.7 Å². The minimum absolute atomic E-state index is 0.0469. The standard InChI is InChI=1S/C19H19NO3/c21-10-9-13(11-19(22)23)20-12-18-16-7-3-1-5-14(16)15-6-2-4-8-17(15)18/h1-8,10,13,18,20H,9,11-12H2,(H,22,23). The Morgan fingerprint density at radius 1 is 1.09 bits per heavy atom. The fraction of sp³-hybridized carbons (Fsp3) is 0.263. The number of carbonyl (C=O) groups excluding carboxylic acids is 1. The summed E-state index contributed by atoms with van der Waals surface area (Å²) in [5.74, 6) is -0.707. The van der Waals surface area contributed by atoms with Gasteiger partial charge >= 0.3 is 5.97 Å². The van der Waals surface area contributed by atoms with Crippen molar-refractivity contribution < 1.29 is 14.7 Å². The molecule has 118 valence electrons. The van der Waals surface area contributed by atoms with Crippen molar-refractivity contribution >= 4 is 12.3 Å². The molecule has 1 aliphatic carbocycles. The first kappa shape index (κ1) is 15.4. The van der Waals surface area contributed by atoms with E-state index in [0.717, 1.165) is 6.29 Å². The highest BCUT2D eigenvalue weighted by Gasteiger charge is 2.28. The van der Waals surface area contributed by atoms with Gasteiger partial charge in [0.15, 0.2) is 0 Å². The second kappa shape index (κ2) is 6.75. The number of fused-ring (bicyclic) bond motifs is 3. The number of carboxylic acids is 1. The van der Waals surface area contributed by atoms with E-state index in [2.05, 4.69) is 29.6 Å². The van der Waals surface area contributed by atoms with E-state index in [4.69, 9.17) is 5.11 Å². The van der Waals surface area contributed by atoms with Gasteiger partial charge in [-0.3, -0.25) is 4.79 Å². The molecule has 0 radical (unpaired) electrons. The lowest BCUT2D eigenvalue weighted by Gasteiger charge is -2.19. The molecule has 0 amide bonds. The number of aliphatic carboxylic acids is 1. The molecule has 0 aliphatic heterocycles. The van der Waals surface area contributed by atoms with Crippen LogP contribution in [0.2, 0.25) is 0 Å². The molecule has 4 heteroatoms. The molecule has 0 heterocycles. The van der Waals surface area contributed by atoms with E-state index in [1.165, 1.54) is 22.3 Å². The van der Waals surface area contributed by atoms with E-state index in [1.807, 2.05) is 24.3 Å². The van der Waals surface area contributed by atoms with E-state index in [9.17, 15) is 9.59 Å². The van der Waals surface area contributed by atoms with Crippen molar-refractivity contribution in [3.63, 3.8) is 0 Å². The molecule has 4 nitrogen and oxygen atoms in total. The van der Waals surface area contributed by atoms with E-state index >= 15 is 0 Å². The zero-order valence-electron chi connectivity index (χ0n) is 12.7. The number of aldehydes is 1. The lowest BCUT2D eigenvalue weighted by molar-refractivity contribution is -0.137. The lowest BCUT2D eigenvalue weighted by atomic mass is 9.96. The number of hydrogen-bond donors (Lipinski definition) is 2. The second-order valence-electron chi connectivity index (χ2n) is 5.83. The lowest BCUT2D eigenvalue weighted by Crippen LogP contribution is -2.34. The molecular weight excluding hydrogens is 290 g/mol. The quantitative estimate of drug-likeness (QED) is 0.772. The smallest absolute Gasteiger partial charge is 0.304 e.